The third kappa shape index (κ3) is 14.8. The van der Waals surface area contributed by atoms with Crippen molar-refractivity contribution in [1.82, 2.24) is 5.32 Å². The Kier molecular flexibility index (Phi) is 18.9. The number of nitrogens with one attached hydrogen (secondary N) is 1. The Morgan fingerprint density at radius 3 is 1.76 bits per heavy atom. The molecule has 0 fully saturated rings. The molecular formula is C43H56N2O13S. The fraction of sp³-hybridized carbons (Fsp3) is 0.488. The van der Waals surface area contributed by atoms with Crippen molar-refractivity contribution in [3.63, 3.8) is 0 Å². The molecule has 4 rings (SSSR count). The lowest BCUT2D eigenvalue weighted by Crippen LogP contribution is -2.37. The highest BCUT2D eigenvalue weighted by atomic mass is 32.2. The minimum Gasteiger partial charge on any atom is -0.748 e. The molecule has 0 radical (unpaired) electrons. The topological polar surface area (TPSA) is 189 Å². The molecule has 0 saturated carbocycles. The number of fused-ring (bicyclic) bond motifs is 2. The van der Waals surface area contributed by atoms with E-state index in [2.05, 4.69) is 5.32 Å². The number of pyridine rings is 1. The molecule has 1 aromatic heterocycles. The van der Waals surface area contributed by atoms with E-state index in [1.807, 2.05) is 4.57 Å². The van der Waals surface area contributed by atoms with Crippen LogP contribution in [0.15, 0.2) is 48.5 Å². The third-order valence-electron chi connectivity index (χ3n) is 9.30. The van der Waals surface area contributed by atoms with Gasteiger partial charge in [-0.2, -0.15) is 4.57 Å². The molecule has 1 heterocycles. The minimum absolute atomic E-state index is 0.0246. The van der Waals surface area contributed by atoms with Crippen LogP contribution in [0.5, 0.6) is 17.2 Å². The number of aryl methyl sites for hydroxylation is 3. The quantitative estimate of drug-likeness (QED) is 0.0211. The SMILES string of the molecule is COCCOCCOc1ccc2c(c1)c(C(=O)Oc1c(C)cc(C(=O)NCCCCCC(C)=O)cc1C)c1cc(OCCOCCOC)ccc1[n+]2CCCS(=O)(=O)[O-]. The molecule has 0 aliphatic rings. The molecule has 0 spiro atoms. The molecule has 0 aliphatic carbocycles. The zero-order valence-corrected chi connectivity index (χ0v) is 35.4. The van der Waals surface area contributed by atoms with Gasteiger partial charge in [0.15, 0.2) is 6.54 Å². The molecule has 0 aliphatic heterocycles. The van der Waals surface area contributed by atoms with Gasteiger partial charge in [-0.1, -0.05) is 6.42 Å². The van der Waals surface area contributed by atoms with Gasteiger partial charge in [-0.15, -0.1) is 0 Å². The summed E-state index contributed by atoms with van der Waals surface area (Å²) in [6.07, 6.45) is 2.89. The third-order valence-corrected chi connectivity index (χ3v) is 10.1. The number of carbonyl (C=O) groups is 3. The number of benzene rings is 3. The van der Waals surface area contributed by atoms with E-state index in [1.54, 1.807) is 83.5 Å². The van der Waals surface area contributed by atoms with Crippen molar-refractivity contribution in [3.8, 4) is 17.2 Å². The molecule has 1 N–H and O–H groups in total. The Bertz CT molecular complexity index is 2060. The molecule has 0 atom stereocenters. The summed E-state index contributed by atoms with van der Waals surface area (Å²) in [5, 5.41) is 3.81. The van der Waals surface area contributed by atoms with Crippen LogP contribution in [-0.2, 0) is 40.4 Å². The summed E-state index contributed by atoms with van der Waals surface area (Å²) < 4.78 is 76.1. The fourth-order valence-electron chi connectivity index (χ4n) is 6.51. The Hall–Kier alpha value is -4.71. The standard InChI is InChI=1S/C43H56N2O13S/c1-30-26-33(42(47)44-15-8-6-7-10-32(3)46)27-31(2)41(30)58-43(48)40-36-28-34(56-23-21-54-19-17-52-4)11-13-38(36)45(16-9-25-59(49,50)51)39-14-12-35(29-37(39)40)57-24-22-55-20-18-53-5/h11-14,26-29H,6-10,15-25H2,1-5H3,(H-,44,47,49,50,51). The maximum absolute atomic E-state index is 14.6. The summed E-state index contributed by atoms with van der Waals surface area (Å²) in [7, 11) is -1.32. The van der Waals surface area contributed by atoms with Crippen LogP contribution >= 0.6 is 0 Å². The highest BCUT2D eigenvalue weighted by Crippen LogP contribution is 2.33. The molecule has 0 saturated heterocycles. The van der Waals surface area contributed by atoms with Crippen molar-refractivity contribution in [2.24, 2.45) is 0 Å². The number of nitrogens with zero attached hydrogens (tertiary/aromatic N) is 1. The molecule has 322 valence electrons. The van der Waals surface area contributed by atoms with Crippen molar-refractivity contribution in [2.45, 2.75) is 59.4 Å². The minimum atomic E-state index is -4.49. The molecule has 0 unspecified atom stereocenters. The van der Waals surface area contributed by atoms with Crippen LogP contribution in [-0.4, -0.2) is 110 Å². The molecule has 0 bridgehead atoms. The molecule has 4 aromatic rings. The zero-order chi connectivity index (χ0) is 42.8. The summed E-state index contributed by atoms with van der Waals surface area (Å²) in [6.45, 7) is 8.38. The van der Waals surface area contributed by atoms with Crippen molar-refractivity contribution >= 4 is 49.6 Å². The number of hydrogen-bond donors (Lipinski definition) is 1. The summed E-state index contributed by atoms with van der Waals surface area (Å²) in [4.78, 5) is 38.9. The zero-order valence-electron chi connectivity index (χ0n) is 34.6. The number of ether oxygens (including phenoxy) is 7. The second kappa shape index (κ2) is 23.8. The number of Topliss-reactive ketones (excluding diaryl/α,β-unsaturated/α-hetero) is 1. The van der Waals surface area contributed by atoms with Crippen LogP contribution in [0.1, 0.15) is 70.9 Å². The smallest absolute Gasteiger partial charge is 0.345 e. The molecule has 3 aromatic carbocycles. The largest absolute Gasteiger partial charge is 0.748 e. The number of rotatable bonds is 27. The molecular weight excluding hydrogens is 785 g/mol. The van der Waals surface area contributed by atoms with Crippen molar-refractivity contribution in [2.75, 3.05) is 79.4 Å². The number of esters is 1. The second-order valence-electron chi connectivity index (χ2n) is 14.0. The summed E-state index contributed by atoms with van der Waals surface area (Å²) in [6, 6.07) is 13.8. The van der Waals surface area contributed by atoms with E-state index in [0.717, 1.165) is 19.3 Å². The lowest BCUT2D eigenvalue weighted by Gasteiger charge is -2.16. The number of aromatic nitrogens is 1. The van der Waals surface area contributed by atoms with Gasteiger partial charge in [-0.25, -0.2) is 13.2 Å². The average Bonchev–Trinajstić information content (AvgIpc) is 3.19. The average molecular weight is 841 g/mol. The number of methoxy groups -OCH3 is 2. The Morgan fingerprint density at radius 2 is 1.25 bits per heavy atom. The van der Waals surface area contributed by atoms with Crippen molar-refractivity contribution in [3.05, 3.63) is 70.8 Å². The first kappa shape index (κ1) is 47.0. The lowest BCUT2D eigenvalue weighted by atomic mass is 10.0. The molecule has 16 heteroatoms. The van der Waals surface area contributed by atoms with Crippen LogP contribution in [0.3, 0.4) is 0 Å². The van der Waals surface area contributed by atoms with E-state index in [9.17, 15) is 27.4 Å². The van der Waals surface area contributed by atoms with Gasteiger partial charge >= 0.3 is 5.97 Å². The fourth-order valence-corrected chi connectivity index (χ4v) is 6.99. The van der Waals surface area contributed by atoms with Crippen LogP contribution in [0.2, 0.25) is 0 Å². The lowest BCUT2D eigenvalue weighted by molar-refractivity contribution is -0.645. The number of ketones is 1. The van der Waals surface area contributed by atoms with Crippen LogP contribution in [0.4, 0.5) is 0 Å². The Morgan fingerprint density at radius 1 is 0.712 bits per heavy atom. The Labute approximate surface area is 345 Å². The highest BCUT2D eigenvalue weighted by Gasteiger charge is 2.28. The van der Waals surface area contributed by atoms with E-state index in [0.29, 0.717) is 103 Å². The van der Waals surface area contributed by atoms with Crippen molar-refractivity contribution < 1.29 is 65.1 Å². The number of unbranched alkanes of at least 4 members (excludes halogenated alkanes) is 2. The predicted molar refractivity (Wildman–Crippen MR) is 220 cm³/mol. The van der Waals surface area contributed by atoms with E-state index in [-0.39, 0.29) is 49.2 Å². The van der Waals surface area contributed by atoms with Crippen LogP contribution in [0.25, 0.3) is 21.8 Å². The second-order valence-corrected chi connectivity index (χ2v) is 15.5. The van der Waals surface area contributed by atoms with Crippen LogP contribution in [0, 0.1) is 13.8 Å². The van der Waals surface area contributed by atoms with Gasteiger partial charge in [0.05, 0.1) is 66.1 Å². The van der Waals surface area contributed by atoms with E-state index >= 15 is 0 Å². The van der Waals surface area contributed by atoms with Gasteiger partial charge in [0, 0.05) is 57.1 Å². The van der Waals surface area contributed by atoms with E-state index in [4.69, 9.17) is 33.2 Å². The van der Waals surface area contributed by atoms with Crippen molar-refractivity contribution in [1.29, 1.82) is 0 Å². The van der Waals surface area contributed by atoms with Gasteiger partial charge in [-0.05, 0) is 81.1 Å². The summed E-state index contributed by atoms with van der Waals surface area (Å²) in [5.74, 6) is -0.209. The highest BCUT2D eigenvalue weighted by molar-refractivity contribution is 7.85. The number of hydrogen-bond acceptors (Lipinski definition) is 13. The van der Waals surface area contributed by atoms with E-state index in [1.165, 1.54) is 0 Å². The van der Waals surface area contributed by atoms with Gasteiger partial charge in [-0.3, -0.25) is 4.79 Å². The first-order chi connectivity index (χ1) is 28.3. The molecule has 59 heavy (non-hydrogen) atoms. The number of amides is 1. The van der Waals surface area contributed by atoms with Gasteiger partial charge in [0.25, 0.3) is 5.91 Å². The van der Waals surface area contributed by atoms with E-state index < -0.39 is 21.8 Å². The van der Waals surface area contributed by atoms with Gasteiger partial charge in [0.2, 0.25) is 11.0 Å². The first-order valence-corrected chi connectivity index (χ1v) is 21.3. The maximum atomic E-state index is 14.6. The number of carbonyl (C=O) groups excluding carboxylic acids is 3. The first-order valence-electron chi connectivity index (χ1n) is 19.7. The summed E-state index contributed by atoms with van der Waals surface area (Å²) >= 11 is 0. The molecule has 15 nitrogen and oxygen atoms in total. The summed E-state index contributed by atoms with van der Waals surface area (Å²) in [5.41, 5.74) is 2.88. The predicted octanol–water partition coefficient (Wildman–Crippen LogP) is 5.01. The Balaban J connectivity index is 1.74. The van der Waals surface area contributed by atoms with Crippen LogP contribution < -0.4 is 24.1 Å². The normalized spacial score (nSPS) is 11.6. The monoisotopic (exact) mass is 840 g/mol. The van der Waals surface area contributed by atoms with Gasteiger partial charge in [0.1, 0.15) is 36.2 Å². The van der Waals surface area contributed by atoms with Gasteiger partial charge < -0.3 is 47.8 Å². The molecule has 1 amide bonds. The maximum Gasteiger partial charge on any atom is 0.345 e.